The molecule has 0 unspecified atom stereocenters. The maximum Gasteiger partial charge on any atom is 0.325 e. The summed E-state index contributed by atoms with van der Waals surface area (Å²) in [7, 11) is 3.01. The van der Waals surface area contributed by atoms with Gasteiger partial charge in [-0.25, -0.2) is 4.79 Å². The van der Waals surface area contributed by atoms with Crippen LogP contribution in [0.25, 0.3) is 0 Å². The van der Waals surface area contributed by atoms with Gasteiger partial charge in [0.2, 0.25) is 5.91 Å². The molecule has 29 heavy (non-hydrogen) atoms. The first kappa shape index (κ1) is 18.8. The van der Waals surface area contributed by atoms with Crippen LogP contribution in [0.3, 0.4) is 0 Å². The van der Waals surface area contributed by atoms with Crippen LogP contribution >= 0.6 is 0 Å². The molecule has 2 aromatic rings. The fourth-order valence-corrected chi connectivity index (χ4v) is 3.99. The van der Waals surface area contributed by atoms with Crippen LogP contribution in [0.4, 0.5) is 10.5 Å². The highest BCUT2D eigenvalue weighted by Crippen LogP contribution is 2.41. The number of carbonyl (C=O) groups excluding carboxylic acids is 3. The molecule has 1 heterocycles. The Morgan fingerprint density at radius 2 is 1.90 bits per heavy atom. The predicted octanol–water partition coefficient (Wildman–Crippen LogP) is 2.04. The third kappa shape index (κ3) is 3.06. The molecule has 2 aliphatic rings. The van der Waals surface area contributed by atoms with Crippen LogP contribution in [0, 0.1) is 0 Å². The second-order valence-corrected chi connectivity index (χ2v) is 7.00. The van der Waals surface area contributed by atoms with Crippen molar-refractivity contribution in [2.24, 2.45) is 0 Å². The lowest BCUT2D eigenvalue weighted by molar-refractivity contribution is -0.134. The van der Waals surface area contributed by atoms with Gasteiger partial charge in [0.05, 0.1) is 14.2 Å². The second-order valence-electron chi connectivity index (χ2n) is 7.00. The lowest BCUT2D eigenvalue weighted by Crippen LogP contribution is -2.42. The number of anilines is 1. The van der Waals surface area contributed by atoms with Crippen LogP contribution in [0.1, 0.15) is 17.5 Å². The van der Waals surface area contributed by atoms with E-state index >= 15 is 0 Å². The number of nitrogens with zero attached hydrogens (tertiary/aromatic N) is 1. The lowest BCUT2D eigenvalue weighted by Gasteiger charge is -2.22. The Hall–Kier alpha value is -3.55. The fourth-order valence-electron chi connectivity index (χ4n) is 3.99. The first-order valence-corrected chi connectivity index (χ1v) is 9.23. The highest BCUT2D eigenvalue weighted by atomic mass is 16.5. The molecule has 2 N–H and O–H groups in total. The van der Waals surface area contributed by atoms with Crippen molar-refractivity contribution in [3.05, 3.63) is 53.6 Å². The van der Waals surface area contributed by atoms with Crippen molar-refractivity contribution in [1.29, 1.82) is 0 Å². The number of amides is 4. The van der Waals surface area contributed by atoms with Gasteiger partial charge in [-0.3, -0.25) is 14.5 Å². The number of methoxy groups -OCH3 is 2. The fraction of sp³-hybridized carbons (Fsp3) is 0.286. The average molecular weight is 395 g/mol. The van der Waals surface area contributed by atoms with Crippen molar-refractivity contribution < 1.29 is 23.9 Å². The van der Waals surface area contributed by atoms with E-state index in [4.69, 9.17) is 9.47 Å². The largest absolute Gasteiger partial charge is 0.493 e. The van der Waals surface area contributed by atoms with Gasteiger partial charge in [0.1, 0.15) is 12.1 Å². The number of hydrogen-bond acceptors (Lipinski definition) is 5. The van der Waals surface area contributed by atoms with Gasteiger partial charge >= 0.3 is 6.03 Å². The molecule has 1 fully saturated rings. The molecule has 2 aromatic carbocycles. The van der Waals surface area contributed by atoms with Gasteiger partial charge in [-0.05, 0) is 36.1 Å². The molecule has 1 spiro atoms. The number of rotatable bonds is 5. The van der Waals surface area contributed by atoms with E-state index in [1.165, 1.54) is 14.2 Å². The van der Waals surface area contributed by atoms with Gasteiger partial charge in [0, 0.05) is 11.8 Å². The predicted molar refractivity (Wildman–Crippen MR) is 105 cm³/mol. The smallest absolute Gasteiger partial charge is 0.325 e. The molecule has 1 aliphatic carbocycles. The Bertz CT molecular complexity index is 1010. The third-order valence-corrected chi connectivity index (χ3v) is 5.39. The summed E-state index contributed by atoms with van der Waals surface area (Å²) in [6, 6.07) is 11.9. The zero-order chi connectivity index (χ0) is 20.6. The minimum atomic E-state index is -1.07. The third-order valence-electron chi connectivity index (χ3n) is 5.39. The summed E-state index contributed by atoms with van der Waals surface area (Å²) in [4.78, 5) is 39.1. The zero-order valence-corrected chi connectivity index (χ0v) is 16.2. The summed E-state index contributed by atoms with van der Waals surface area (Å²) in [5.74, 6) is 0.113. The highest BCUT2D eigenvalue weighted by molar-refractivity contribution is 6.10. The van der Waals surface area contributed by atoms with E-state index in [9.17, 15) is 14.4 Å². The highest BCUT2D eigenvalue weighted by Gasteiger charge is 2.55. The molecule has 1 atom stereocenters. The van der Waals surface area contributed by atoms with Crippen LogP contribution in [0.2, 0.25) is 0 Å². The molecular weight excluding hydrogens is 374 g/mol. The first-order chi connectivity index (χ1) is 14.0. The molecule has 8 heteroatoms. The van der Waals surface area contributed by atoms with Gasteiger partial charge in [-0.2, -0.15) is 0 Å². The van der Waals surface area contributed by atoms with Crippen LogP contribution in [-0.2, 0) is 21.5 Å². The Balaban J connectivity index is 1.50. The molecular formula is C21H21N3O5. The molecule has 1 aliphatic heterocycles. The summed E-state index contributed by atoms with van der Waals surface area (Å²) >= 11 is 0. The normalized spacial score (nSPS) is 19.9. The van der Waals surface area contributed by atoms with Gasteiger partial charge in [0.25, 0.3) is 5.91 Å². The van der Waals surface area contributed by atoms with E-state index in [0.29, 0.717) is 30.0 Å². The number of aryl methyl sites for hydroxylation is 1. The standard InChI is InChI=1S/C21H21N3O5/c1-28-16-8-7-14(11-17(16)29-2)22-18(25)12-24-19(26)21(23-20(24)27)10-9-13-5-3-4-6-15(13)21/h3-8,11H,9-10,12H2,1-2H3,(H,22,25)(H,23,27)/t21-/m0/s1. The number of carbonyl (C=O) groups is 3. The minimum Gasteiger partial charge on any atom is -0.493 e. The van der Waals surface area contributed by atoms with E-state index in [1.807, 2.05) is 24.3 Å². The molecule has 0 radical (unpaired) electrons. The van der Waals surface area contributed by atoms with Gasteiger partial charge in [-0.15, -0.1) is 0 Å². The summed E-state index contributed by atoms with van der Waals surface area (Å²) < 4.78 is 10.4. The Kier molecular flexibility index (Phi) is 4.62. The van der Waals surface area contributed by atoms with Crippen LogP contribution in [-0.4, -0.2) is 43.5 Å². The number of urea groups is 1. The summed E-state index contributed by atoms with van der Waals surface area (Å²) in [6.07, 6.45) is 1.19. The quantitative estimate of drug-likeness (QED) is 0.755. The van der Waals surface area contributed by atoms with E-state index < -0.39 is 23.4 Å². The molecule has 150 valence electrons. The number of imide groups is 1. The minimum absolute atomic E-state index is 0.372. The van der Waals surface area contributed by atoms with Crippen LogP contribution in [0.15, 0.2) is 42.5 Å². The Labute approximate surface area is 167 Å². The first-order valence-electron chi connectivity index (χ1n) is 9.23. The molecule has 0 saturated carbocycles. The number of benzene rings is 2. The monoisotopic (exact) mass is 395 g/mol. The van der Waals surface area contributed by atoms with E-state index in [2.05, 4.69) is 10.6 Å². The van der Waals surface area contributed by atoms with E-state index in [-0.39, 0.29) is 6.54 Å². The van der Waals surface area contributed by atoms with Crippen molar-refractivity contribution in [3.8, 4) is 11.5 Å². The maximum atomic E-state index is 13.1. The van der Waals surface area contributed by atoms with Crippen molar-refractivity contribution in [2.45, 2.75) is 18.4 Å². The Morgan fingerprint density at radius 1 is 1.14 bits per heavy atom. The van der Waals surface area contributed by atoms with Crippen LogP contribution in [0.5, 0.6) is 11.5 Å². The average Bonchev–Trinajstić information content (AvgIpc) is 3.21. The zero-order valence-electron chi connectivity index (χ0n) is 16.2. The van der Waals surface area contributed by atoms with Crippen molar-refractivity contribution in [3.63, 3.8) is 0 Å². The Morgan fingerprint density at radius 3 is 2.66 bits per heavy atom. The lowest BCUT2D eigenvalue weighted by atomic mass is 9.92. The summed E-state index contributed by atoms with van der Waals surface area (Å²) in [5, 5.41) is 5.49. The molecule has 1 saturated heterocycles. The van der Waals surface area contributed by atoms with Crippen molar-refractivity contribution in [1.82, 2.24) is 10.2 Å². The van der Waals surface area contributed by atoms with Crippen molar-refractivity contribution >= 4 is 23.5 Å². The molecule has 0 aromatic heterocycles. The van der Waals surface area contributed by atoms with E-state index in [0.717, 1.165) is 16.0 Å². The summed E-state index contributed by atoms with van der Waals surface area (Å²) in [5.41, 5.74) is 1.25. The number of nitrogens with one attached hydrogen (secondary N) is 2. The molecule has 0 bridgehead atoms. The van der Waals surface area contributed by atoms with Gasteiger partial charge in [0.15, 0.2) is 11.5 Å². The number of fused-ring (bicyclic) bond motifs is 2. The molecule has 4 amide bonds. The molecule has 4 rings (SSSR count). The van der Waals surface area contributed by atoms with Crippen molar-refractivity contribution in [2.75, 3.05) is 26.1 Å². The molecule has 8 nitrogen and oxygen atoms in total. The number of ether oxygens (including phenoxy) is 2. The number of hydrogen-bond donors (Lipinski definition) is 2. The van der Waals surface area contributed by atoms with Gasteiger partial charge in [-0.1, -0.05) is 24.3 Å². The van der Waals surface area contributed by atoms with E-state index in [1.54, 1.807) is 18.2 Å². The van der Waals surface area contributed by atoms with Crippen LogP contribution < -0.4 is 20.1 Å². The van der Waals surface area contributed by atoms with Gasteiger partial charge < -0.3 is 20.1 Å². The second kappa shape index (κ2) is 7.12. The summed E-state index contributed by atoms with van der Waals surface area (Å²) in [6.45, 7) is -0.372. The maximum absolute atomic E-state index is 13.1. The SMILES string of the molecule is COc1ccc(NC(=O)CN2C(=O)N[C@]3(CCc4ccccc43)C2=O)cc1OC. The topological polar surface area (TPSA) is 97.0 Å².